The molecule has 2 nitrogen and oxygen atoms in total. The highest BCUT2D eigenvalue weighted by atomic mass is 79.9. The van der Waals surface area contributed by atoms with Gasteiger partial charge in [-0.2, -0.15) is 0 Å². The number of likely N-dealkylation sites (N-methyl/N-ethyl adjacent to an activating group) is 1. The van der Waals surface area contributed by atoms with Crippen LogP contribution in [-0.4, -0.2) is 17.7 Å². The monoisotopic (exact) mass is 266 g/mol. The molecule has 1 aromatic heterocycles. The number of nitrogens with zero attached hydrogens (tertiary/aromatic N) is 1. The van der Waals surface area contributed by atoms with Gasteiger partial charge in [-0.05, 0) is 30.1 Å². The second-order valence-electron chi connectivity index (χ2n) is 3.57. The first-order chi connectivity index (χ1) is 7.31. The molecule has 15 heavy (non-hydrogen) atoms. The highest BCUT2D eigenvalue weighted by molar-refractivity contribution is 9.10. The number of benzene rings is 1. The summed E-state index contributed by atoms with van der Waals surface area (Å²) in [4.78, 5) is 0. The maximum Gasteiger partial charge on any atom is 0.0492 e. The van der Waals surface area contributed by atoms with E-state index >= 15 is 0 Å². The van der Waals surface area contributed by atoms with Crippen molar-refractivity contribution >= 4 is 26.8 Å². The van der Waals surface area contributed by atoms with Crippen molar-refractivity contribution in [1.29, 1.82) is 0 Å². The van der Waals surface area contributed by atoms with Gasteiger partial charge in [0, 0.05) is 29.3 Å². The SMILES string of the molecule is CCNCCn1ccc2ccc(Br)cc21. The summed E-state index contributed by atoms with van der Waals surface area (Å²) in [6.45, 7) is 5.20. The van der Waals surface area contributed by atoms with E-state index in [0.29, 0.717) is 0 Å². The van der Waals surface area contributed by atoms with E-state index in [2.05, 4.69) is 63.2 Å². The molecule has 3 heteroatoms. The molecule has 0 bridgehead atoms. The normalized spacial score (nSPS) is 11.1. The molecule has 1 heterocycles. The van der Waals surface area contributed by atoms with Crippen LogP contribution in [0.4, 0.5) is 0 Å². The van der Waals surface area contributed by atoms with Crippen molar-refractivity contribution in [3.63, 3.8) is 0 Å². The van der Waals surface area contributed by atoms with Crippen LogP contribution >= 0.6 is 15.9 Å². The van der Waals surface area contributed by atoms with Crippen molar-refractivity contribution in [1.82, 2.24) is 9.88 Å². The number of hydrogen-bond acceptors (Lipinski definition) is 1. The third-order valence-electron chi connectivity index (χ3n) is 2.52. The van der Waals surface area contributed by atoms with Gasteiger partial charge >= 0.3 is 0 Å². The summed E-state index contributed by atoms with van der Waals surface area (Å²) in [6, 6.07) is 8.55. The lowest BCUT2D eigenvalue weighted by molar-refractivity contribution is 0.627. The summed E-state index contributed by atoms with van der Waals surface area (Å²) in [6.07, 6.45) is 2.15. The summed E-state index contributed by atoms with van der Waals surface area (Å²) >= 11 is 3.50. The molecule has 80 valence electrons. The van der Waals surface area contributed by atoms with E-state index in [0.717, 1.165) is 24.1 Å². The molecule has 0 spiro atoms. The van der Waals surface area contributed by atoms with Crippen LogP contribution in [0.2, 0.25) is 0 Å². The van der Waals surface area contributed by atoms with Crippen LogP contribution in [0.1, 0.15) is 6.92 Å². The second-order valence-corrected chi connectivity index (χ2v) is 4.48. The molecular weight excluding hydrogens is 252 g/mol. The van der Waals surface area contributed by atoms with E-state index in [1.165, 1.54) is 10.9 Å². The Morgan fingerprint density at radius 1 is 1.33 bits per heavy atom. The molecule has 0 unspecified atom stereocenters. The summed E-state index contributed by atoms with van der Waals surface area (Å²) in [5.74, 6) is 0. The van der Waals surface area contributed by atoms with Crippen molar-refractivity contribution in [3.05, 3.63) is 34.9 Å². The highest BCUT2D eigenvalue weighted by Gasteiger charge is 2.00. The minimum absolute atomic E-state index is 1.02. The molecule has 0 radical (unpaired) electrons. The number of halogens is 1. The molecule has 2 rings (SSSR count). The zero-order chi connectivity index (χ0) is 10.7. The average Bonchev–Trinajstić information content (AvgIpc) is 2.62. The lowest BCUT2D eigenvalue weighted by Gasteiger charge is -2.05. The Morgan fingerprint density at radius 3 is 3.00 bits per heavy atom. The number of aromatic nitrogens is 1. The molecular formula is C12H15BrN2. The predicted molar refractivity (Wildman–Crippen MR) is 68.2 cm³/mol. The summed E-state index contributed by atoms with van der Waals surface area (Å²) in [5.41, 5.74) is 1.29. The molecule has 0 amide bonds. The predicted octanol–water partition coefficient (Wildman–Crippen LogP) is 3.01. The summed E-state index contributed by atoms with van der Waals surface area (Å²) in [5, 5.41) is 4.63. The van der Waals surface area contributed by atoms with Crippen LogP contribution in [0.25, 0.3) is 10.9 Å². The number of hydrogen-bond donors (Lipinski definition) is 1. The first kappa shape index (κ1) is 10.7. The Morgan fingerprint density at radius 2 is 2.20 bits per heavy atom. The first-order valence-corrected chi connectivity index (χ1v) is 6.05. The van der Waals surface area contributed by atoms with Crippen molar-refractivity contribution in [2.24, 2.45) is 0 Å². The van der Waals surface area contributed by atoms with Crippen molar-refractivity contribution in [2.45, 2.75) is 13.5 Å². The van der Waals surface area contributed by atoms with Gasteiger partial charge in [0.1, 0.15) is 0 Å². The van der Waals surface area contributed by atoms with Gasteiger partial charge in [-0.25, -0.2) is 0 Å². The molecule has 0 saturated carbocycles. The topological polar surface area (TPSA) is 17.0 Å². The average molecular weight is 267 g/mol. The van der Waals surface area contributed by atoms with E-state index in [1.54, 1.807) is 0 Å². The van der Waals surface area contributed by atoms with E-state index in [9.17, 15) is 0 Å². The molecule has 0 aliphatic carbocycles. The van der Waals surface area contributed by atoms with Gasteiger partial charge in [0.05, 0.1) is 0 Å². The highest BCUT2D eigenvalue weighted by Crippen LogP contribution is 2.20. The van der Waals surface area contributed by atoms with Gasteiger partial charge in [0.15, 0.2) is 0 Å². The third kappa shape index (κ3) is 2.41. The third-order valence-corrected chi connectivity index (χ3v) is 3.01. The molecule has 1 aromatic carbocycles. The van der Waals surface area contributed by atoms with Gasteiger partial charge < -0.3 is 9.88 Å². The summed E-state index contributed by atoms with van der Waals surface area (Å²) in [7, 11) is 0. The van der Waals surface area contributed by atoms with E-state index in [-0.39, 0.29) is 0 Å². The Balaban J connectivity index is 2.23. The fourth-order valence-electron chi connectivity index (χ4n) is 1.73. The van der Waals surface area contributed by atoms with E-state index in [1.807, 2.05) is 0 Å². The molecule has 0 aliphatic rings. The van der Waals surface area contributed by atoms with Crippen LogP contribution in [0, 0.1) is 0 Å². The van der Waals surface area contributed by atoms with Gasteiger partial charge in [0.2, 0.25) is 0 Å². The molecule has 0 aliphatic heterocycles. The molecule has 0 fully saturated rings. The maximum absolute atomic E-state index is 3.50. The van der Waals surface area contributed by atoms with Crippen LogP contribution in [-0.2, 0) is 6.54 Å². The lowest BCUT2D eigenvalue weighted by atomic mass is 10.2. The number of nitrogens with one attached hydrogen (secondary N) is 1. The fourth-order valence-corrected chi connectivity index (χ4v) is 2.08. The fraction of sp³-hybridized carbons (Fsp3) is 0.333. The van der Waals surface area contributed by atoms with Gasteiger partial charge in [0.25, 0.3) is 0 Å². The lowest BCUT2D eigenvalue weighted by Crippen LogP contribution is -2.18. The Hall–Kier alpha value is -0.800. The molecule has 1 N–H and O–H groups in total. The van der Waals surface area contributed by atoms with Crippen LogP contribution < -0.4 is 5.32 Å². The van der Waals surface area contributed by atoms with Crippen LogP contribution in [0.15, 0.2) is 34.9 Å². The Labute approximate surface area is 98.4 Å². The summed E-state index contributed by atoms with van der Waals surface area (Å²) < 4.78 is 3.42. The minimum Gasteiger partial charge on any atom is -0.346 e. The van der Waals surface area contributed by atoms with Gasteiger partial charge in [-0.15, -0.1) is 0 Å². The standard InChI is InChI=1S/C12H15BrN2/c1-2-14-6-8-15-7-5-10-3-4-11(13)9-12(10)15/h3-5,7,9,14H,2,6,8H2,1H3. The zero-order valence-corrected chi connectivity index (χ0v) is 10.4. The molecule has 2 aromatic rings. The smallest absolute Gasteiger partial charge is 0.0492 e. The first-order valence-electron chi connectivity index (χ1n) is 5.26. The number of rotatable bonds is 4. The second kappa shape index (κ2) is 4.81. The van der Waals surface area contributed by atoms with Gasteiger partial charge in [-0.3, -0.25) is 0 Å². The largest absolute Gasteiger partial charge is 0.346 e. The van der Waals surface area contributed by atoms with Gasteiger partial charge in [-0.1, -0.05) is 28.9 Å². The van der Waals surface area contributed by atoms with Crippen LogP contribution in [0.3, 0.4) is 0 Å². The Kier molecular flexibility index (Phi) is 3.44. The quantitative estimate of drug-likeness (QED) is 0.842. The molecule has 0 atom stereocenters. The van der Waals surface area contributed by atoms with Crippen molar-refractivity contribution in [3.8, 4) is 0 Å². The van der Waals surface area contributed by atoms with Crippen molar-refractivity contribution in [2.75, 3.05) is 13.1 Å². The zero-order valence-electron chi connectivity index (χ0n) is 8.83. The number of fused-ring (bicyclic) bond motifs is 1. The minimum atomic E-state index is 1.02. The van der Waals surface area contributed by atoms with Crippen molar-refractivity contribution < 1.29 is 0 Å². The Bertz CT molecular complexity index is 448. The maximum atomic E-state index is 3.50. The van der Waals surface area contributed by atoms with Crippen LogP contribution in [0.5, 0.6) is 0 Å². The van der Waals surface area contributed by atoms with E-state index < -0.39 is 0 Å². The van der Waals surface area contributed by atoms with E-state index in [4.69, 9.17) is 0 Å². The molecule has 0 saturated heterocycles.